The fraction of sp³-hybridized carbons (Fsp3) is 0.625. The van der Waals surface area contributed by atoms with E-state index in [1.165, 1.54) is 0 Å². The molecule has 0 aliphatic rings. The Kier molecular flexibility index (Phi) is 4.35. The van der Waals surface area contributed by atoms with Crippen molar-refractivity contribution >= 4 is 7.81 Å². The number of halogens is 6. The van der Waals surface area contributed by atoms with Crippen molar-refractivity contribution in [2.45, 2.75) is 26.4 Å². The number of aryl methyl sites for hydroxylation is 1. The summed E-state index contributed by atoms with van der Waals surface area (Å²) in [7, 11) is -8.69. The standard InChI is InChI=1S/C8H15N2O.F6P/c1-4-8(2)11-10-6-5-9(3)7-10;1-7(2,3,4,5)6/h5-8H,4H2,1-3H3;/q+1;-1. The molecule has 0 amide bonds. The molecule has 0 fully saturated rings. The SMILES string of the molecule is CCC(C)On1cc[n+](C)c1.F[P-](F)(F)(F)(F)F. The molecule has 0 N–H and O–H groups in total. The molecule has 1 heterocycles. The van der Waals surface area contributed by atoms with E-state index < -0.39 is 7.81 Å². The molecule has 0 aliphatic carbocycles. The number of hydrogen-bond donors (Lipinski definition) is 0. The van der Waals surface area contributed by atoms with Gasteiger partial charge >= 0.3 is 33.0 Å². The molecule has 1 atom stereocenters. The molecule has 1 aromatic heterocycles. The Morgan fingerprint density at radius 2 is 1.67 bits per heavy atom. The number of nitrogens with zero attached hydrogens (tertiary/aromatic N) is 2. The van der Waals surface area contributed by atoms with E-state index in [-0.39, 0.29) is 6.10 Å². The van der Waals surface area contributed by atoms with Gasteiger partial charge in [-0.2, -0.15) is 0 Å². The van der Waals surface area contributed by atoms with Crippen molar-refractivity contribution in [3.8, 4) is 0 Å². The number of imidazole rings is 1. The predicted molar refractivity (Wildman–Crippen MR) is 55.5 cm³/mol. The van der Waals surface area contributed by atoms with Gasteiger partial charge in [-0.25, -0.2) is 4.57 Å². The van der Waals surface area contributed by atoms with Crippen molar-refractivity contribution < 1.29 is 34.6 Å². The van der Waals surface area contributed by atoms with Crippen molar-refractivity contribution in [2.24, 2.45) is 7.05 Å². The molecule has 1 unspecified atom stereocenters. The van der Waals surface area contributed by atoms with E-state index in [0.29, 0.717) is 0 Å². The molecule has 18 heavy (non-hydrogen) atoms. The zero-order valence-corrected chi connectivity index (χ0v) is 10.9. The normalized spacial score (nSPS) is 16.9. The van der Waals surface area contributed by atoms with Crippen LogP contribution in [0.4, 0.5) is 25.2 Å². The summed E-state index contributed by atoms with van der Waals surface area (Å²) in [5.41, 5.74) is 0. The molecule has 0 bridgehead atoms. The molecule has 0 aliphatic heterocycles. The van der Waals surface area contributed by atoms with Crippen LogP contribution in [0.3, 0.4) is 0 Å². The van der Waals surface area contributed by atoms with Gasteiger partial charge in [0.2, 0.25) is 0 Å². The van der Waals surface area contributed by atoms with Gasteiger partial charge in [0.05, 0.1) is 7.05 Å². The molecule has 1 rings (SSSR count). The molecule has 10 heteroatoms. The van der Waals surface area contributed by atoms with Gasteiger partial charge < -0.3 is 4.84 Å². The number of hydrogen-bond acceptors (Lipinski definition) is 1. The first-order valence-corrected chi connectivity index (χ1v) is 6.97. The van der Waals surface area contributed by atoms with Crippen molar-refractivity contribution in [1.82, 2.24) is 4.73 Å². The van der Waals surface area contributed by atoms with Crippen LogP contribution in [-0.4, -0.2) is 10.8 Å². The van der Waals surface area contributed by atoms with Gasteiger partial charge in [-0.3, -0.25) is 0 Å². The van der Waals surface area contributed by atoms with E-state index in [1.807, 2.05) is 30.3 Å². The Balaban J connectivity index is 0.000000360. The summed E-state index contributed by atoms with van der Waals surface area (Å²) >= 11 is 0. The van der Waals surface area contributed by atoms with Gasteiger partial charge in [0, 0.05) is 0 Å². The van der Waals surface area contributed by atoms with Gasteiger partial charge in [-0.05, 0) is 13.3 Å². The van der Waals surface area contributed by atoms with Crippen molar-refractivity contribution in [1.29, 1.82) is 0 Å². The third-order valence-electron chi connectivity index (χ3n) is 1.62. The minimum absolute atomic E-state index is 0.280. The summed E-state index contributed by atoms with van der Waals surface area (Å²) < 4.78 is 62.9. The third kappa shape index (κ3) is 15.0. The summed E-state index contributed by atoms with van der Waals surface area (Å²) in [4.78, 5) is 5.48. The fourth-order valence-corrected chi connectivity index (χ4v) is 0.772. The molecule has 0 saturated heterocycles. The molecule has 0 spiro atoms. The Bertz CT molecular complexity index is 375. The van der Waals surface area contributed by atoms with E-state index in [2.05, 4.69) is 13.8 Å². The Morgan fingerprint density at radius 3 is 1.94 bits per heavy atom. The molecule has 3 nitrogen and oxygen atoms in total. The maximum atomic E-state index is 9.87. The molecule has 110 valence electrons. The van der Waals surface area contributed by atoms with Crippen LogP contribution in [0.2, 0.25) is 0 Å². The zero-order chi connectivity index (χ0) is 14.7. The van der Waals surface area contributed by atoms with Gasteiger partial charge in [-0.1, -0.05) is 11.7 Å². The monoisotopic (exact) mass is 300 g/mol. The minimum atomic E-state index is -10.7. The van der Waals surface area contributed by atoms with E-state index in [9.17, 15) is 25.2 Å². The van der Waals surface area contributed by atoms with E-state index in [4.69, 9.17) is 4.84 Å². The second-order valence-corrected chi connectivity index (χ2v) is 5.64. The van der Waals surface area contributed by atoms with E-state index in [0.717, 1.165) is 6.42 Å². The molecule has 0 aromatic carbocycles. The molecular weight excluding hydrogens is 285 g/mol. The predicted octanol–water partition coefficient (Wildman–Crippen LogP) is 3.92. The van der Waals surface area contributed by atoms with Crippen molar-refractivity contribution in [3.05, 3.63) is 18.7 Å². The van der Waals surface area contributed by atoms with Crippen molar-refractivity contribution in [2.75, 3.05) is 0 Å². The summed E-state index contributed by atoms with van der Waals surface area (Å²) in [6.07, 6.45) is 7.05. The summed E-state index contributed by atoms with van der Waals surface area (Å²) in [6.45, 7) is 4.16. The van der Waals surface area contributed by atoms with Gasteiger partial charge in [-0.15, -0.1) is 0 Å². The quantitative estimate of drug-likeness (QED) is 0.470. The second kappa shape index (κ2) is 4.60. The van der Waals surface area contributed by atoms with Gasteiger partial charge in [0.25, 0.3) is 6.33 Å². The van der Waals surface area contributed by atoms with Gasteiger partial charge in [0.15, 0.2) is 6.20 Å². The van der Waals surface area contributed by atoms with E-state index >= 15 is 0 Å². The maximum absolute atomic E-state index is 10.7. The molecular formula is C8H15F6N2OP. The van der Waals surface area contributed by atoms with E-state index in [1.54, 1.807) is 4.73 Å². The zero-order valence-electron chi connectivity index (χ0n) is 10.0. The molecule has 0 saturated carbocycles. The first-order chi connectivity index (χ1) is 7.67. The Hall–Kier alpha value is -0.980. The number of rotatable bonds is 3. The summed E-state index contributed by atoms with van der Waals surface area (Å²) in [5.74, 6) is 0. The third-order valence-corrected chi connectivity index (χ3v) is 1.62. The first kappa shape index (κ1) is 17.0. The van der Waals surface area contributed by atoms with Crippen LogP contribution < -0.4 is 9.40 Å². The van der Waals surface area contributed by atoms with Crippen molar-refractivity contribution in [3.63, 3.8) is 0 Å². The Labute approximate surface area is 100 Å². The van der Waals surface area contributed by atoms with Crippen LogP contribution in [0.15, 0.2) is 18.7 Å². The second-order valence-electron chi connectivity index (χ2n) is 3.72. The Morgan fingerprint density at radius 1 is 1.22 bits per heavy atom. The number of aromatic nitrogens is 2. The first-order valence-electron chi connectivity index (χ1n) is 4.94. The average Bonchev–Trinajstić information content (AvgIpc) is 2.45. The summed E-state index contributed by atoms with van der Waals surface area (Å²) in [5, 5.41) is 0. The van der Waals surface area contributed by atoms with Crippen LogP contribution in [0.25, 0.3) is 0 Å². The summed E-state index contributed by atoms with van der Waals surface area (Å²) in [6, 6.07) is 0. The average molecular weight is 300 g/mol. The van der Waals surface area contributed by atoms with Crippen LogP contribution in [0, 0.1) is 0 Å². The van der Waals surface area contributed by atoms with Crippen LogP contribution in [-0.2, 0) is 7.05 Å². The van der Waals surface area contributed by atoms with Crippen LogP contribution >= 0.6 is 7.81 Å². The van der Waals surface area contributed by atoms with Crippen LogP contribution in [0.5, 0.6) is 0 Å². The van der Waals surface area contributed by atoms with Gasteiger partial charge in [0.1, 0.15) is 12.3 Å². The molecule has 1 aromatic rings. The topological polar surface area (TPSA) is 18.0 Å². The molecule has 0 radical (unpaired) electrons. The van der Waals surface area contributed by atoms with Crippen LogP contribution in [0.1, 0.15) is 20.3 Å². The fourth-order valence-electron chi connectivity index (χ4n) is 0.772.